The number of nitrogens with zero attached hydrogens (tertiary/aromatic N) is 6. The number of carboxylic acids is 1. The minimum Gasteiger partial charge on any atom is -0.726 e. The van der Waals surface area contributed by atoms with Gasteiger partial charge in [-0.15, -0.1) is 19.6 Å². The van der Waals surface area contributed by atoms with Crippen LogP contribution in [0, 0.1) is 6.08 Å². The number of anilines is 3. The third-order valence-corrected chi connectivity index (χ3v) is 9.11. The van der Waals surface area contributed by atoms with Gasteiger partial charge in [0, 0.05) is 11.3 Å². The number of pyridine rings is 1. The maximum absolute atomic E-state index is 14.5. The van der Waals surface area contributed by atoms with Crippen LogP contribution in [-0.4, -0.2) is 54.7 Å². The van der Waals surface area contributed by atoms with E-state index in [1.54, 1.807) is 0 Å². The van der Waals surface area contributed by atoms with Crippen LogP contribution in [0.25, 0.3) is 5.95 Å². The second-order valence-electron chi connectivity index (χ2n) is 8.87. The Morgan fingerprint density at radius 2 is 1.57 bits per heavy atom. The molecule has 4 aromatic rings. The number of azo groups is 1. The van der Waals surface area contributed by atoms with Crippen molar-refractivity contribution in [2.45, 2.75) is 14.7 Å². The summed E-state index contributed by atoms with van der Waals surface area (Å²) in [5.74, 6) is -3.29. The number of sulfone groups is 1. The molecular formula is C23H16FN8Na4O14S4+. The molecule has 0 aliphatic rings. The molecule has 2 aromatic carbocycles. The van der Waals surface area contributed by atoms with E-state index in [0.29, 0.717) is 24.1 Å². The molecule has 0 saturated heterocycles. The van der Waals surface area contributed by atoms with Crippen LogP contribution in [0.4, 0.5) is 33.1 Å². The monoisotopic (exact) mass is 867 g/mol. The number of carbonyl (C=O) groups excluding carboxylic acids is 1. The number of rotatable bonds is 17. The van der Waals surface area contributed by atoms with Crippen LogP contribution in [0.1, 0.15) is 10.4 Å². The van der Waals surface area contributed by atoms with Crippen LogP contribution in [0.5, 0.6) is 0 Å². The van der Waals surface area contributed by atoms with Crippen molar-refractivity contribution in [1.82, 2.24) is 15.0 Å². The molecular weight excluding hydrogens is 852 g/mol. The van der Waals surface area contributed by atoms with Gasteiger partial charge in [0.15, 0.2) is 9.84 Å². The van der Waals surface area contributed by atoms with Crippen LogP contribution < -0.4 is 149 Å². The number of halogens is 1. The molecule has 0 amide bonds. The molecule has 0 fully saturated rings. The fourth-order valence-electron chi connectivity index (χ4n) is 3.60. The number of carbonyl (C=O) groups is 1. The van der Waals surface area contributed by atoms with Crippen molar-refractivity contribution in [2.24, 2.45) is 10.2 Å². The molecule has 0 atom stereocenters. The maximum Gasteiger partial charge on any atom is 1.00 e. The molecule has 0 saturated carbocycles. The summed E-state index contributed by atoms with van der Waals surface area (Å²) in [6.07, 6.45) is 1.07. The van der Waals surface area contributed by atoms with Gasteiger partial charge in [0.2, 0.25) is 10.4 Å². The number of benzene rings is 2. The fourth-order valence-corrected chi connectivity index (χ4v) is 5.93. The summed E-state index contributed by atoms with van der Waals surface area (Å²) in [4.78, 5) is 22.0. The number of hydrogen-bond acceptors (Lipinski definition) is 23. The standard InChI is InChI=1S/C23H19FN8O14S4.4Na/c24-21-27-22(29-23(28-21)32-5-1-2-12(11-32)20(33)34)26-15-9-14(25)19(48-46-44-36)10-16(15)30-31-17-8-13(3-4-18(17)47-45-43-35)49(37,38)7-6-42-50(39,40)41;;;;/h1-5,8-11H,6-7,25H2,(H4-,26,27,28,29,33,34,35,36,39,40,41);;;;/q;4*+1/p-3. The summed E-state index contributed by atoms with van der Waals surface area (Å²) < 4.78 is 85.9. The van der Waals surface area contributed by atoms with Gasteiger partial charge in [-0.1, -0.05) is 0 Å². The van der Waals surface area contributed by atoms with Gasteiger partial charge in [0.25, 0.3) is 0 Å². The number of carboxylic acid groups (broad SMARTS) is 1. The fraction of sp³-hybridized carbons (Fsp3) is 0.0870. The predicted octanol–water partition coefficient (Wildman–Crippen LogP) is -12.9. The minimum absolute atomic E-state index is 0. The van der Waals surface area contributed by atoms with Crippen LogP contribution >= 0.6 is 24.1 Å². The Morgan fingerprint density at radius 1 is 0.926 bits per heavy atom. The zero-order valence-corrected chi connectivity index (χ0v) is 39.4. The van der Waals surface area contributed by atoms with Crippen molar-refractivity contribution in [3.8, 4) is 5.95 Å². The van der Waals surface area contributed by atoms with Crippen molar-refractivity contribution >= 4 is 79.0 Å². The smallest absolute Gasteiger partial charge is 0.726 e. The average molecular weight is 868 g/mol. The van der Waals surface area contributed by atoms with Gasteiger partial charge in [0.05, 0.1) is 75.2 Å². The normalized spacial score (nSPS) is 11.1. The number of hydrogen-bond donors (Lipinski definition) is 2. The van der Waals surface area contributed by atoms with Crippen LogP contribution in [0.2, 0.25) is 0 Å². The third kappa shape index (κ3) is 16.4. The van der Waals surface area contributed by atoms with Crippen molar-refractivity contribution in [2.75, 3.05) is 23.4 Å². The summed E-state index contributed by atoms with van der Waals surface area (Å²) in [5.41, 5.74) is 5.16. The Kier molecular flexibility index (Phi) is 24.8. The third-order valence-electron chi connectivity index (χ3n) is 5.68. The molecule has 0 radical (unpaired) electrons. The molecule has 3 N–H and O–H groups in total. The Bertz CT molecular complexity index is 2150. The van der Waals surface area contributed by atoms with Gasteiger partial charge in [0.1, 0.15) is 11.4 Å². The average Bonchev–Trinajstić information content (AvgIpc) is 3.05. The molecule has 2 heterocycles. The van der Waals surface area contributed by atoms with Crippen LogP contribution in [-0.2, 0) is 43.2 Å². The molecule has 2 aromatic heterocycles. The first-order chi connectivity index (χ1) is 23.7. The molecule has 54 heavy (non-hydrogen) atoms. The molecule has 22 nitrogen and oxygen atoms in total. The van der Waals surface area contributed by atoms with Crippen molar-refractivity contribution in [1.29, 1.82) is 0 Å². The minimum atomic E-state index is -5.18. The Balaban J connectivity index is 0.00000702. The number of aromatic nitrogens is 4. The van der Waals surface area contributed by atoms with E-state index in [-0.39, 0.29) is 162 Å². The zero-order chi connectivity index (χ0) is 36.5. The molecule has 4 rings (SSSR count). The molecule has 0 spiro atoms. The topological polar surface area (TPSA) is 329 Å². The second-order valence-corrected chi connectivity index (χ2v) is 13.5. The van der Waals surface area contributed by atoms with E-state index < -0.39 is 55.5 Å². The summed E-state index contributed by atoms with van der Waals surface area (Å²) in [5, 5.41) is 49.5. The predicted molar refractivity (Wildman–Crippen MR) is 154 cm³/mol. The van der Waals surface area contributed by atoms with Crippen molar-refractivity contribution in [3.63, 3.8) is 0 Å². The molecule has 0 aliphatic carbocycles. The summed E-state index contributed by atoms with van der Waals surface area (Å²) in [7, 11) is -9.47. The van der Waals surface area contributed by atoms with Gasteiger partial charge in [-0.2, -0.15) is 8.67 Å². The Morgan fingerprint density at radius 3 is 2.20 bits per heavy atom. The van der Waals surface area contributed by atoms with Gasteiger partial charge in [-0.25, -0.2) is 21.4 Å². The van der Waals surface area contributed by atoms with E-state index in [9.17, 15) is 46.2 Å². The van der Waals surface area contributed by atoms with Crippen molar-refractivity contribution in [3.05, 3.63) is 66.5 Å². The SMILES string of the molecule is Nc1cc(Nc2nc(F)nc(-[n+]3cccc(C(=O)[O-])c3)n2)c(N=Nc2cc(S(=O)(=O)CCOS(=O)(=O)[O-])ccc2SOO[O-])cc1SOO[O-].[Na+].[Na+].[Na+].[Na+]. The summed E-state index contributed by atoms with van der Waals surface area (Å²) >= 11 is 0.654. The second kappa shape index (κ2) is 25.1. The van der Waals surface area contributed by atoms with Gasteiger partial charge in [-0.3, -0.25) is 14.3 Å². The van der Waals surface area contributed by atoms with Gasteiger partial charge < -0.3 is 36.0 Å². The molecule has 0 unspecified atom stereocenters. The van der Waals surface area contributed by atoms with Gasteiger partial charge in [-0.05, 0) is 52.4 Å². The van der Waals surface area contributed by atoms with E-state index in [4.69, 9.17) is 5.73 Å². The first-order valence-corrected chi connectivity index (χ1v) is 17.2. The molecule has 0 bridgehead atoms. The molecule has 0 aliphatic heterocycles. The summed E-state index contributed by atoms with van der Waals surface area (Å²) in [6.45, 7) is -0.995. The first-order valence-electron chi connectivity index (χ1n) is 12.7. The molecule has 266 valence electrons. The number of nitrogens with one attached hydrogen (secondary N) is 1. The molecule has 31 heteroatoms. The van der Waals surface area contributed by atoms with Crippen LogP contribution in [0.15, 0.2) is 79.8 Å². The van der Waals surface area contributed by atoms with E-state index in [0.717, 1.165) is 29.0 Å². The number of aromatic carboxylic acids is 1. The number of nitrogens with two attached hydrogens (primary N) is 1. The number of nitrogen functional groups attached to an aromatic ring is 1. The summed E-state index contributed by atoms with van der Waals surface area (Å²) in [6, 6.07) is 8.03. The van der Waals surface area contributed by atoms with Crippen molar-refractivity contribution < 1.29 is 192 Å². The van der Waals surface area contributed by atoms with E-state index in [1.807, 2.05) is 0 Å². The van der Waals surface area contributed by atoms with E-state index in [2.05, 4.69) is 53.4 Å². The zero-order valence-electron chi connectivity index (χ0n) is 28.1. The first kappa shape index (κ1) is 53.5. The quantitative estimate of drug-likeness (QED) is 0.0115. The van der Waals surface area contributed by atoms with Gasteiger partial charge >= 0.3 is 136 Å². The van der Waals surface area contributed by atoms with E-state index in [1.165, 1.54) is 30.5 Å². The van der Waals surface area contributed by atoms with E-state index >= 15 is 0 Å². The van der Waals surface area contributed by atoms with Crippen LogP contribution in [0.3, 0.4) is 0 Å². The maximum atomic E-state index is 14.5. The Hall–Kier alpha value is -0.520. The largest absolute Gasteiger partial charge is 1.00 e. The Labute approximate surface area is 401 Å².